The maximum absolute atomic E-state index is 12.1. The lowest BCUT2D eigenvalue weighted by Gasteiger charge is -2.13. The molecule has 3 N–H and O–H groups in total. The van der Waals surface area contributed by atoms with Crippen LogP contribution in [-0.2, 0) is 4.79 Å². The third-order valence-electron chi connectivity index (χ3n) is 3.16. The second kappa shape index (κ2) is 6.94. The molecule has 0 aromatic heterocycles. The topological polar surface area (TPSA) is 55.1 Å². The summed E-state index contributed by atoms with van der Waals surface area (Å²) in [5, 5.41) is 3.76. The van der Waals surface area contributed by atoms with Crippen LogP contribution in [0.2, 0.25) is 10.0 Å². The van der Waals surface area contributed by atoms with E-state index in [1.807, 2.05) is 37.3 Å². The fourth-order valence-electron chi connectivity index (χ4n) is 1.96. The minimum Gasteiger partial charge on any atom is -0.325 e. The maximum Gasteiger partial charge on any atom is 0.226 e. The number of hydrogen-bond acceptors (Lipinski definition) is 2. The molecular formula is C16H16Cl2N2O. The van der Waals surface area contributed by atoms with Crippen LogP contribution in [0.4, 0.5) is 5.69 Å². The molecule has 5 heteroatoms. The lowest BCUT2D eigenvalue weighted by Crippen LogP contribution is -2.20. The number of nitrogens with two attached hydrogens (primary N) is 1. The van der Waals surface area contributed by atoms with Crippen molar-refractivity contribution < 1.29 is 4.79 Å². The molecule has 2 aromatic rings. The van der Waals surface area contributed by atoms with Crippen molar-refractivity contribution in [3.63, 3.8) is 0 Å². The highest BCUT2D eigenvalue weighted by Crippen LogP contribution is 2.29. The van der Waals surface area contributed by atoms with Crippen LogP contribution in [0.15, 0.2) is 42.5 Å². The third kappa shape index (κ3) is 4.21. The number of carbonyl (C=O) groups excluding carboxylic acids is 1. The van der Waals surface area contributed by atoms with E-state index < -0.39 is 0 Å². The van der Waals surface area contributed by atoms with Gasteiger partial charge < -0.3 is 11.1 Å². The van der Waals surface area contributed by atoms with Gasteiger partial charge in [-0.15, -0.1) is 0 Å². The zero-order valence-electron chi connectivity index (χ0n) is 11.6. The van der Waals surface area contributed by atoms with Crippen molar-refractivity contribution in [2.75, 3.05) is 5.32 Å². The quantitative estimate of drug-likeness (QED) is 0.880. The highest BCUT2D eigenvalue weighted by atomic mass is 35.5. The van der Waals surface area contributed by atoms with Gasteiger partial charge in [-0.1, -0.05) is 53.5 Å². The average Bonchev–Trinajstić information content (AvgIpc) is 2.45. The van der Waals surface area contributed by atoms with E-state index >= 15 is 0 Å². The summed E-state index contributed by atoms with van der Waals surface area (Å²) in [7, 11) is 0. The Kier molecular flexibility index (Phi) is 5.23. The molecule has 0 radical (unpaired) electrons. The molecule has 0 heterocycles. The minimum absolute atomic E-state index is 0.172. The normalized spacial score (nSPS) is 12.0. The van der Waals surface area contributed by atoms with Crippen molar-refractivity contribution in [1.82, 2.24) is 0 Å². The van der Waals surface area contributed by atoms with Crippen LogP contribution in [0.3, 0.4) is 0 Å². The number of halogens is 2. The van der Waals surface area contributed by atoms with Crippen molar-refractivity contribution in [3.05, 3.63) is 63.6 Å². The number of carbonyl (C=O) groups is 1. The molecule has 1 atom stereocenters. The fourth-order valence-corrected chi connectivity index (χ4v) is 2.39. The number of benzene rings is 2. The molecular weight excluding hydrogens is 307 g/mol. The van der Waals surface area contributed by atoms with Gasteiger partial charge in [0.2, 0.25) is 5.91 Å². The Morgan fingerprint density at radius 1 is 1.19 bits per heavy atom. The zero-order chi connectivity index (χ0) is 15.4. The van der Waals surface area contributed by atoms with E-state index in [0.717, 1.165) is 11.1 Å². The minimum atomic E-state index is -0.356. The molecule has 0 aliphatic carbocycles. The van der Waals surface area contributed by atoms with Crippen LogP contribution in [-0.4, -0.2) is 5.91 Å². The van der Waals surface area contributed by atoms with Gasteiger partial charge in [-0.25, -0.2) is 0 Å². The van der Waals surface area contributed by atoms with E-state index in [1.165, 1.54) is 0 Å². The van der Waals surface area contributed by atoms with Crippen molar-refractivity contribution in [2.45, 2.75) is 19.4 Å². The van der Waals surface area contributed by atoms with Crippen LogP contribution in [0.25, 0.3) is 0 Å². The number of anilines is 1. The molecule has 110 valence electrons. The maximum atomic E-state index is 12.1. The van der Waals surface area contributed by atoms with Crippen LogP contribution in [0.5, 0.6) is 0 Å². The Morgan fingerprint density at radius 2 is 1.86 bits per heavy atom. The predicted molar refractivity (Wildman–Crippen MR) is 87.8 cm³/mol. The van der Waals surface area contributed by atoms with E-state index in [-0.39, 0.29) is 18.4 Å². The number of hydrogen-bond donors (Lipinski definition) is 2. The second-order valence-corrected chi connectivity index (χ2v) is 5.67. The van der Waals surface area contributed by atoms with Gasteiger partial charge in [0.15, 0.2) is 0 Å². The van der Waals surface area contributed by atoms with Crippen molar-refractivity contribution in [2.24, 2.45) is 5.73 Å². The monoisotopic (exact) mass is 322 g/mol. The van der Waals surface area contributed by atoms with Gasteiger partial charge in [-0.3, -0.25) is 4.79 Å². The summed E-state index contributed by atoms with van der Waals surface area (Å²) < 4.78 is 0. The molecule has 0 bridgehead atoms. The van der Waals surface area contributed by atoms with Gasteiger partial charge in [0.1, 0.15) is 0 Å². The zero-order valence-corrected chi connectivity index (χ0v) is 13.1. The molecule has 0 spiro atoms. The molecule has 0 fully saturated rings. The SMILES string of the molecule is Cc1cc(Cl)c(NC(=O)CC(N)c2ccccc2)cc1Cl. The largest absolute Gasteiger partial charge is 0.325 e. The molecule has 2 rings (SSSR count). The van der Waals surface area contributed by atoms with Crippen molar-refractivity contribution in [3.8, 4) is 0 Å². The first-order valence-electron chi connectivity index (χ1n) is 6.53. The summed E-state index contributed by atoms with van der Waals surface area (Å²) in [5.41, 5.74) is 8.30. The van der Waals surface area contributed by atoms with Gasteiger partial charge >= 0.3 is 0 Å². The van der Waals surface area contributed by atoms with Crippen LogP contribution < -0.4 is 11.1 Å². The number of nitrogens with one attached hydrogen (secondary N) is 1. The molecule has 0 saturated carbocycles. The summed E-state index contributed by atoms with van der Waals surface area (Å²) in [5.74, 6) is -0.201. The van der Waals surface area contributed by atoms with Crippen molar-refractivity contribution >= 4 is 34.8 Å². The van der Waals surface area contributed by atoms with Gasteiger partial charge in [0.05, 0.1) is 10.7 Å². The third-order valence-corrected chi connectivity index (χ3v) is 3.88. The van der Waals surface area contributed by atoms with Crippen LogP contribution in [0.1, 0.15) is 23.6 Å². The molecule has 0 aliphatic heterocycles. The average molecular weight is 323 g/mol. The number of aryl methyl sites for hydroxylation is 1. The Balaban J connectivity index is 2.04. The molecule has 0 aliphatic rings. The van der Waals surface area contributed by atoms with E-state index in [1.54, 1.807) is 12.1 Å². The molecule has 3 nitrogen and oxygen atoms in total. The number of amides is 1. The Labute approximate surface area is 134 Å². The summed E-state index contributed by atoms with van der Waals surface area (Å²) in [6, 6.07) is 12.5. The lowest BCUT2D eigenvalue weighted by atomic mass is 10.0. The number of rotatable bonds is 4. The highest BCUT2D eigenvalue weighted by Gasteiger charge is 2.13. The van der Waals surface area contributed by atoms with Gasteiger partial charge in [0.25, 0.3) is 0 Å². The smallest absolute Gasteiger partial charge is 0.226 e. The highest BCUT2D eigenvalue weighted by molar-refractivity contribution is 6.36. The van der Waals surface area contributed by atoms with Crippen molar-refractivity contribution in [1.29, 1.82) is 0 Å². The lowest BCUT2D eigenvalue weighted by molar-refractivity contribution is -0.116. The Bertz CT molecular complexity index is 644. The van der Waals surface area contributed by atoms with E-state index in [9.17, 15) is 4.79 Å². The summed E-state index contributed by atoms with van der Waals surface area (Å²) in [6.45, 7) is 1.85. The van der Waals surface area contributed by atoms with Gasteiger partial charge in [-0.2, -0.15) is 0 Å². The summed E-state index contributed by atoms with van der Waals surface area (Å²) in [6.07, 6.45) is 0.172. The molecule has 1 unspecified atom stereocenters. The summed E-state index contributed by atoms with van der Waals surface area (Å²) >= 11 is 12.1. The first-order chi connectivity index (χ1) is 9.97. The molecule has 21 heavy (non-hydrogen) atoms. The van der Waals surface area contributed by atoms with E-state index in [2.05, 4.69) is 5.32 Å². The summed E-state index contributed by atoms with van der Waals surface area (Å²) in [4.78, 5) is 12.1. The first-order valence-corrected chi connectivity index (χ1v) is 7.29. The van der Waals surface area contributed by atoms with E-state index in [0.29, 0.717) is 15.7 Å². The standard InChI is InChI=1S/C16H16Cl2N2O/c1-10-7-13(18)15(8-12(10)17)20-16(21)9-14(19)11-5-3-2-4-6-11/h2-8,14H,9,19H2,1H3,(H,20,21). The second-order valence-electron chi connectivity index (χ2n) is 4.85. The predicted octanol–water partition coefficient (Wildman–Crippen LogP) is 4.33. The molecule has 0 saturated heterocycles. The van der Waals surface area contributed by atoms with Gasteiger partial charge in [-0.05, 0) is 30.2 Å². The molecule has 2 aromatic carbocycles. The fraction of sp³-hybridized carbons (Fsp3) is 0.188. The first kappa shape index (κ1) is 15.8. The van der Waals surface area contributed by atoms with Crippen LogP contribution >= 0.6 is 23.2 Å². The van der Waals surface area contributed by atoms with Crippen LogP contribution in [0, 0.1) is 6.92 Å². The van der Waals surface area contributed by atoms with E-state index in [4.69, 9.17) is 28.9 Å². The Morgan fingerprint density at radius 3 is 2.52 bits per heavy atom. The molecule has 1 amide bonds. The van der Waals surface area contributed by atoms with Gasteiger partial charge in [0, 0.05) is 17.5 Å². The Hall–Kier alpha value is -1.55.